The fourth-order valence-electron chi connectivity index (χ4n) is 1.07. The highest BCUT2D eigenvalue weighted by atomic mass is 35.5. The van der Waals surface area contributed by atoms with Gasteiger partial charge in [0.05, 0.1) is 5.41 Å². The van der Waals surface area contributed by atoms with E-state index in [0.717, 1.165) is 0 Å². The number of benzene rings is 1. The molecule has 0 aromatic heterocycles. The molecule has 0 aliphatic rings. The van der Waals surface area contributed by atoms with Crippen LogP contribution < -0.4 is 5.32 Å². The maximum absolute atomic E-state index is 12.3. The number of hydrogen-bond donors (Lipinski definition) is 1. The number of carbonyl (C=O) groups excluding carboxylic acids is 1. The molecule has 1 aromatic rings. The van der Waals surface area contributed by atoms with Gasteiger partial charge in [0, 0.05) is 17.1 Å². The highest BCUT2D eigenvalue weighted by Gasteiger charge is 2.26. The predicted molar refractivity (Wildman–Crippen MR) is 64.5 cm³/mol. The average molecular weight is 262 g/mol. The lowest BCUT2D eigenvalue weighted by Gasteiger charge is -2.20. The van der Waals surface area contributed by atoms with Crippen LogP contribution in [0.5, 0.6) is 0 Å². The molecule has 94 valence electrons. The molecule has 0 atom stereocenters. The second-order valence-corrected chi connectivity index (χ2v) is 4.66. The second kappa shape index (κ2) is 5.45. The number of rotatable bonds is 4. The molecule has 17 heavy (non-hydrogen) atoms. The zero-order valence-electron chi connectivity index (χ0n) is 9.64. The highest BCUT2D eigenvalue weighted by Crippen LogP contribution is 2.23. The Kier molecular flexibility index (Phi) is 4.46. The minimum atomic E-state index is -2.50. The summed E-state index contributed by atoms with van der Waals surface area (Å²) in [5.41, 5.74) is -0.277. The molecule has 0 bridgehead atoms. The first-order chi connectivity index (χ1) is 7.86. The van der Waals surface area contributed by atoms with Crippen molar-refractivity contribution in [3.8, 4) is 0 Å². The van der Waals surface area contributed by atoms with Gasteiger partial charge in [-0.2, -0.15) is 0 Å². The lowest BCUT2D eigenvalue weighted by molar-refractivity contribution is -0.122. The van der Waals surface area contributed by atoms with E-state index in [1.54, 1.807) is 13.8 Å². The molecular formula is C12H14ClF2NO. The van der Waals surface area contributed by atoms with Gasteiger partial charge in [-0.15, -0.1) is 11.6 Å². The van der Waals surface area contributed by atoms with Crippen LogP contribution in [-0.2, 0) is 4.79 Å². The molecule has 2 nitrogen and oxygen atoms in total. The van der Waals surface area contributed by atoms with Crippen molar-refractivity contribution in [1.82, 2.24) is 0 Å². The minimum Gasteiger partial charge on any atom is -0.326 e. The number of nitrogens with one attached hydrogen (secondary N) is 1. The fraction of sp³-hybridized carbons (Fsp3) is 0.417. The first-order valence-corrected chi connectivity index (χ1v) is 5.66. The lowest BCUT2D eigenvalue weighted by Crippen LogP contribution is -2.32. The second-order valence-electron chi connectivity index (χ2n) is 4.39. The summed E-state index contributed by atoms with van der Waals surface area (Å²) in [7, 11) is 0. The Balaban J connectivity index is 2.73. The van der Waals surface area contributed by atoms with Crippen LogP contribution in [0.3, 0.4) is 0 Å². The maximum atomic E-state index is 12.3. The summed E-state index contributed by atoms with van der Waals surface area (Å²) in [6.07, 6.45) is -2.50. The number of halogens is 3. The Labute approximate surface area is 104 Å². The first-order valence-electron chi connectivity index (χ1n) is 5.12. The number of amides is 1. The molecule has 0 saturated carbocycles. The standard InChI is InChI=1S/C12H14ClF2NO/c1-12(2,7-13)11(17)16-9-5-3-8(4-6-9)10(14)15/h3-6,10H,7H2,1-2H3,(H,16,17). The molecule has 1 N–H and O–H groups in total. The minimum absolute atomic E-state index is 0.0698. The van der Waals surface area contributed by atoms with Gasteiger partial charge in [0.25, 0.3) is 6.43 Å². The van der Waals surface area contributed by atoms with Crippen LogP contribution in [0.2, 0.25) is 0 Å². The molecule has 0 unspecified atom stereocenters. The van der Waals surface area contributed by atoms with E-state index in [2.05, 4.69) is 5.32 Å². The zero-order chi connectivity index (χ0) is 13.1. The van der Waals surface area contributed by atoms with Crippen LogP contribution in [0.15, 0.2) is 24.3 Å². The monoisotopic (exact) mass is 261 g/mol. The van der Waals surface area contributed by atoms with Gasteiger partial charge in [0.15, 0.2) is 0 Å². The summed E-state index contributed by atoms with van der Waals surface area (Å²) >= 11 is 5.66. The third kappa shape index (κ3) is 3.66. The van der Waals surface area contributed by atoms with Crippen molar-refractivity contribution < 1.29 is 13.6 Å². The number of hydrogen-bond acceptors (Lipinski definition) is 1. The van der Waals surface area contributed by atoms with Crippen molar-refractivity contribution in [1.29, 1.82) is 0 Å². The fourth-order valence-corrected chi connectivity index (χ4v) is 1.19. The average Bonchev–Trinajstić information content (AvgIpc) is 2.29. The van der Waals surface area contributed by atoms with E-state index in [0.29, 0.717) is 5.69 Å². The molecule has 0 saturated heterocycles. The van der Waals surface area contributed by atoms with E-state index in [-0.39, 0.29) is 17.4 Å². The third-order valence-electron chi connectivity index (χ3n) is 2.37. The third-order valence-corrected chi connectivity index (χ3v) is 3.04. The lowest BCUT2D eigenvalue weighted by atomic mass is 9.95. The molecule has 0 heterocycles. The Hall–Kier alpha value is -1.16. The van der Waals surface area contributed by atoms with E-state index in [1.165, 1.54) is 24.3 Å². The van der Waals surface area contributed by atoms with Gasteiger partial charge in [-0.1, -0.05) is 12.1 Å². The molecule has 5 heteroatoms. The molecule has 0 spiro atoms. The van der Waals surface area contributed by atoms with Gasteiger partial charge in [-0.05, 0) is 26.0 Å². The van der Waals surface area contributed by atoms with Crippen molar-refractivity contribution in [3.05, 3.63) is 29.8 Å². The van der Waals surface area contributed by atoms with E-state index < -0.39 is 11.8 Å². The van der Waals surface area contributed by atoms with E-state index in [1.807, 2.05) is 0 Å². The summed E-state index contributed by atoms with van der Waals surface area (Å²) < 4.78 is 24.6. The molecule has 0 aliphatic heterocycles. The summed E-state index contributed by atoms with van der Waals surface area (Å²) in [4.78, 5) is 11.7. The van der Waals surface area contributed by atoms with E-state index >= 15 is 0 Å². The van der Waals surface area contributed by atoms with E-state index in [4.69, 9.17) is 11.6 Å². The Morgan fingerprint density at radius 2 is 1.88 bits per heavy atom. The quantitative estimate of drug-likeness (QED) is 0.820. The smallest absolute Gasteiger partial charge is 0.263 e. The van der Waals surface area contributed by atoms with Crippen LogP contribution in [0, 0.1) is 5.41 Å². The Morgan fingerprint density at radius 3 is 2.29 bits per heavy atom. The van der Waals surface area contributed by atoms with Crippen molar-refractivity contribution in [2.75, 3.05) is 11.2 Å². The molecule has 0 fully saturated rings. The number of anilines is 1. The van der Waals surface area contributed by atoms with Crippen LogP contribution in [0.4, 0.5) is 14.5 Å². The van der Waals surface area contributed by atoms with Gasteiger partial charge < -0.3 is 5.32 Å². The number of alkyl halides is 3. The van der Waals surface area contributed by atoms with Crippen LogP contribution in [0.1, 0.15) is 25.8 Å². The first kappa shape index (κ1) is 13.9. The van der Waals surface area contributed by atoms with Gasteiger partial charge in [0.2, 0.25) is 5.91 Å². The summed E-state index contributed by atoms with van der Waals surface area (Å²) in [6.45, 7) is 3.42. The molecule has 1 aromatic carbocycles. The van der Waals surface area contributed by atoms with Crippen molar-refractivity contribution in [3.63, 3.8) is 0 Å². The summed E-state index contributed by atoms with van der Waals surface area (Å²) in [5, 5.41) is 2.63. The number of carbonyl (C=O) groups is 1. The maximum Gasteiger partial charge on any atom is 0.263 e. The van der Waals surface area contributed by atoms with Crippen LogP contribution >= 0.6 is 11.6 Å². The zero-order valence-corrected chi connectivity index (χ0v) is 10.4. The van der Waals surface area contributed by atoms with Crippen LogP contribution in [0.25, 0.3) is 0 Å². The van der Waals surface area contributed by atoms with Crippen molar-refractivity contribution >= 4 is 23.2 Å². The SMILES string of the molecule is CC(C)(CCl)C(=O)Nc1ccc(C(F)F)cc1. The van der Waals surface area contributed by atoms with Gasteiger partial charge in [0.1, 0.15) is 0 Å². The summed E-state index contributed by atoms with van der Waals surface area (Å²) in [6, 6.07) is 5.47. The topological polar surface area (TPSA) is 29.1 Å². The highest BCUT2D eigenvalue weighted by molar-refractivity contribution is 6.20. The largest absolute Gasteiger partial charge is 0.326 e. The van der Waals surface area contributed by atoms with Crippen molar-refractivity contribution in [2.24, 2.45) is 5.41 Å². The predicted octanol–water partition coefficient (Wildman–Crippen LogP) is 3.83. The van der Waals surface area contributed by atoms with E-state index in [9.17, 15) is 13.6 Å². The van der Waals surface area contributed by atoms with Gasteiger partial charge in [-0.3, -0.25) is 4.79 Å². The van der Waals surface area contributed by atoms with Gasteiger partial charge >= 0.3 is 0 Å². The normalized spacial score (nSPS) is 11.6. The Bertz CT molecular complexity index is 390. The molecule has 0 aliphatic carbocycles. The van der Waals surface area contributed by atoms with Gasteiger partial charge in [-0.25, -0.2) is 8.78 Å². The summed E-state index contributed by atoms with van der Waals surface area (Å²) in [5.74, 6) is -0.0502. The Morgan fingerprint density at radius 1 is 1.35 bits per heavy atom. The molecule has 1 amide bonds. The molecule has 1 rings (SSSR count). The molecule has 0 radical (unpaired) electrons. The van der Waals surface area contributed by atoms with Crippen LogP contribution in [-0.4, -0.2) is 11.8 Å². The van der Waals surface area contributed by atoms with Crippen molar-refractivity contribution in [2.45, 2.75) is 20.3 Å². The molecular weight excluding hydrogens is 248 g/mol.